The Labute approximate surface area is 250 Å². The average Bonchev–Trinajstić information content (AvgIpc) is 2.89. The van der Waals surface area contributed by atoms with Crippen LogP contribution in [0.15, 0.2) is 36.4 Å². The fourth-order valence-electron chi connectivity index (χ4n) is 4.33. The number of fused-ring (bicyclic) bond motifs is 1. The van der Waals surface area contributed by atoms with Crippen LogP contribution in [0.25, 0.3) is 0 Å². The molecule has 12 heteroatoms. The number of Topliss-reactive ketones (excluding diaryl/α,β-unsaturated/α-hetero) is 1. The van der Waals surface area contributed by atoms with Gasteiger partial charge in [-0.1, -0.05) is 25.4 Å². The predicted molar refractivity (Wildman–Crippen MR) is 155 cm³/mol. The Morgan fingerprint density at radius 1 is 1.10 bits per heavy atom. The van der Waals surface area contributed by atoms with Crippen molar-refractivity contribution in [3.05, 3.63) is 63.9 Å². The van der Waals surface area contributed by atoms with E-state index in [9.17, 15) is 23.6 Å². The van der Waals surface area contributed by atoms with Crippen LogP contribution in [0.2, 0.25) is 5.02 Å². The van der Waals surface area contributed by atoms with E-state index >= 15 is 0 Å². The summed E-state index contributed by atoms with van der Waals surface area (Å²) >= 11 is 5.89. The second-order valence-corrected chi connectivity index (χ2v) is 11.3. The second-order valence-electron chi connectivity index (χ2n) is 10.8. The van der Waals surface area contributed by atoms with Crippen molar-refractivity contribution < 1.29 is 33.0 Å². The number of carbonyl (C=O) groups excluding carboxylic acids is 4. The smallest absolute Gasteiger partial charge is 0.329 e. The summed E-state index contributed by atoms with van der Waals surface area (Å²) in [5.41, 5.74) is 5.68. The first-order chi connectivity index (χ1) is 18.5. The van der Waals surface area contributed by atoms with E-state index < -0.39 is 53.4 Å². The van der Waals surface area contributed by atoms with Gasteiger partial charge < -0.3 is 25.4 Å². The quantitative estimate of drug-likeness (QED) is 0.332. The van der Waals surface area contributed by atoms with Gasteiger partial charge in [-0.2, -0.15) is 0 Å². The van der Waals surface area contributed by atoms with Crippen molar-refractivity contribution in [3.8, 4) is 5.75 Å². The molecule has 0 spiro atoms. The van der Waals surface area contributed by atoms with Gasteiger partial charge in [-0.05, 0) is 70.0 Å². The summed E-state index contributed by atoms with van der Waals surface area (Å²) in [6.45, 7) is 9.90. The number of nitrogens with two attached hydrogens (primary N) is 1. The number of ketones is 1. The minimum Gasteiger partial charge on any atom is -0.484 e. The van der Waals surface area contributed by atoms with E-state index in [1.807, 2.05) is 0 Å². The summed E-state index contributed by atoms with van der Waals surface area (Å²) in [5.74, 6) is -2.45. The van der Waals surface area contributed by atoms with Crippen LogP contribution in [-0.4, -0.2) is 59.3 Å². The van der Waals surface area contributed by atoms with Crippen LogP contribution in [0.1, 0.15) is 73.9 Å². The van der Waals surface area contributed by atoms with Crippen molar-refractivity contribution in [1.82, 2.24) is 10.2 Å². The Bertz CT molecular complexity index is 1340. The maximum Gasteiger partial charge on any atom is 0.329 e. The fourth-order valence-corrected chi connectivity index (χ4v) is 4.51. The van der Waals surface area contributed by atoms with Crippen LogP contribution in [0, 0.1) is 11.7 Å². The number of amides is 2. The third kappa shape index (κ3) is 7.36. The Morgan fingerprint density at radius 3 is 2.27 bits per heavy atom. The first-order valence-corrected chi connectivity index (χ1v) is 13.3. The van der Waals surface area contributed by atoms with Crippen molar-refractivity contribution in [1.29, 1.82) is 0 Å². The van der Waals surface area contributed by atoms with Gasteiger partial charge in [-0.15, -0.1) is 12.4 Å². The Hall–Kier alpha value is -3.21. The van der Waals surface area contributed by atoms with Gasteiger partial charge in [0, 0.05) is 23.7 Å². The van der Waals surface area contributed by atoms with E-state index in [1.54, 1.807) is 45.9 Å². The van der Waals surface area contributed by atoms with E-state index in [0.29, 0.717) is 16.9 Å². The van der Waals surface area contributed by atoms with Crippen molar-refractivity contribution in [3.63, 3.8) is 0 Å². The number of ether oxygens (including phenoxy) is 2. The monoisotopic (exact) mass is 611 g/mol. The number of rotatable bonds is 8. The maximum absolute atomic E-state index is 13.7. The molecule has 0 bridgehead atoms. The number of hydrogen-bond acceptors (Lipinski definition) is 7. The highest BCUT2D eigenvalue weighted by Crippen LogP contribution is 2.42. The highest BCUT2D eigenvalue weighted by Gasteiger charge is 2.48. The van der Waals surface area contributed by atoms with Crippen LogP contribution in [0.5, 0.6) is 5.75 Å². The summed E-state index contributed by atoms with van der Waals surface area (Å²) in [4.78, 5) is 52.8. The molecule has 3 rings (SSSR count). The first-order valence-electron chi connectivity index (χ1n) is 12.9. The molecule has 0 saturated heterocycles. The SMILES string of the molecule is CC(=O)c1ccc2c(c1)[C@H](NC(=O)c1ccc(F)c(Cl)c1)[C@H](OC(=O)[C@H](C)N(C)C(=O)[C@@H](N)C(C)C)C(C)(C)O2.Cl. The van der Waals surface area contributed by atoms with Crippen LogP contribution in [-0.2, 0) is 14.3 Å². The molecule has 0 saturated carbocycles. The number of esters is 1. The average molecular weight is 613 g/mol. The lowest BCUT2D eigenvalue weighted by Crippen LogP contribution is -2.57. The minimum atomic E-state index is -1.16. The molecule has 224 valence electrons. The van der Waals surface area contributed by atoms with E-state index in [0.717, 1.165) is 6.07 Å². The summed E-state index contributed by atoms with van der Waals surface area (Å²) in [6, 6.07) is 5.51. The Kier molecular flexibility index (Phi) is 10.9. The van der Waals surface area contributed by atoms with E-state index in [1.165, 1.54) is 37.9 Å². The number of nitrogens with zero attached hydrogens (tertiary/aromatic N) is 1. The lowest BCUT2D eigenvalue weighted by molar-refractivity contribution is -0.172. The maximum atomic E-state index is 13.7. The Balaban J connectivity index is 0.00000588. The normalized spacial score (nSPS) is 18.6. The van der Waals surface area contributed by atoms with Crippen LogP contribution >= 0.6 is 24.0 Å². The molecule has 0 aromatic heterocycles. The van der Waals surface area contributed by atoms with E-state index in [2.05, 4.69) is 5.32 Å². The molecule has 2 aromatic rings. The van der Waals surface area contributed by atoms with E-state index in [-0.39, 0.29) is 34.7 Å². The molecule has 4 atom stereocenters. The third-order valence-corrected chi connectivity index (χ3v) is 7.39. The molecule has 1 aliphatic heterocycles. The van der Waals surface area contributed by atoms with Crippen LogP contribution < -0.4 is 15.8 Å². The number of benzene rings is 2. The van der Waals surface area contributed by atoms with Crippen molar-refractivity contribution in [2.24, 2.45) is 11.7 Å². The molecule has 9 nitrogen and oxygen atoms in total. The van der Waals surface area contributed by atoms with Gasteiger partial charge in [0.1, 0.15) is 23.2 Å². The van der Waals surface area contributed by atoms with E-state index in [4.69, 9.17) is 26.8 Å². The van der Waals surface area contributed by atoms with Crippen molar-refractivity contribution in [2.75, 3.05) is 7.05 Å². The van der Waals surface area contributed by atoms with Gasteiger partial charge in [-0.3, -0.25) is 14.4 Å². The fraction of sp³-hybridized carbons (Fsp3) is 0.448. The molecule has 1 heterocycles. The van der Waals surface area contributed by atoms with Gasteiger partial charge in [0.2, 0.25) is 5.91 Å². The zero-order valence-corrected chi connectivity index (χ0v) is 25.6. The number of carbonyl (C=O) groups is 4. The van der Waals surface area contributed by atoms with Gasteiger partial charge in [-0.25, -0.2) is 9.18 Å². The zero-order chi connectivity index (χ0) is 30.1. The lowest BCUT2D eigenvalue weighted by Gasteiger charge is -2.44. The molecule has 0 unspecified atom stereocenters. The molecular formula is C29H36Cl2FN3O6. The molecule has 0 aliphatic carbocycles. The predicted octanol–water partition coefficient (Wildman–Crippen LogP) is 4.49. The highest BCUT2D eigenvalue weighted by atomic mass is 35.5. The summed E-state index contributed by atoms with van der Waals surface area (Å²) < 4.78 is 25.8. The van der Waals surface area contributed by atoms with Crippen molar-refractivity contribution >= 4 is 47.6 Å². The first kappa shape index (κ1) is 34.0. The number of likely N-dealkylation sites (N-methyl/N-ethyl adjacent to an activating group) is 1. The molecule has 2 aromatic carbocycles. The van der Waals surface area contributed by atoms with Gasteiger partial charge in [0.25, 0.3) is 5.91 Å². The standard InChI is InChI=1S/C29H35ClFN3O6.ClH/c1-14(2)23(32)27(37)34(7)15(3)28(38)39-25-24(33-26(36)18-8-10-21(31)20(30)13-18)19-12-17(16(4)35)9-11-22(19)40-29(25,5)6;/h8-15,23-25H,32H2,1-7H3,(H,33,36);1H/t15-,23-,24-,25-;/m0./s1. The molecule has 1 aliphatic rings. The molecule has 0 radical (unpaired) electrons. The van der Waals surface area contributed by atoms with Gasteiger partial charge in [0.05, 0.1) is 17.1 Å². The van der Waals surface area contributed by atoms with Gasteiger partial charge in [0.15, 0.2) is 11.9 Å². The minimum absolute atomic E-state index is 0. The molecule has 0 fully saturated rings. The van der Waals surface area contributed by atoms with Crippen LogP contribution in [0.4, 0.5) is 4.39 Å². The number of hydrogen-bond donors (Lipinski definition) is 2. The largest absolute Gasteiger partial charge is 0.484 e. The zero-order valence-electron chi connectivity index (χ0n) is 24.0. The third-order valence-electron chi connectivity index (χ3n) is 7.10. The molecule has 41 heavy (non-hydrogen) atoms. The van der Waals surface area contributed by atoms with Crippen molar-refractivity contribution in [2.45, 2.75) is 71.4 Å². The topological polar surface area (TPSA) is 128 Å². The summed E-state index contributed by atoms with van der Waals surface area (Å²) in [5, 5.41) is 2.62. The number of nitrogens with one attached hydrogen (secondary N) is 1. The summed E-state index contributed by atoms with van der Waals surface area (Å²) in [7, 11) is 1.46. The lowest BCUT2D eigenvalue weighted by atomic mass is 9.85. The molecular weight excluding hydrogens is 576 g/mol. The molecule has 3 N–H and O–H groups in total. The number of halogens is 3. The highest BCUT2D eigenvalue weighted by molar-refractivity contribution is 6.31. The van der Waals surface area contributed by atoms with Crippen LogP contribution in [0.3, 0.4) is 0 Å². The summed E-state index contributed by atoms with van der Waals surface area (Å²) in [6.07, 6.45) is -1.10. The van der Waals surface area contributed by atoms with Gasteiger partial charge >= 0.3 is 5.97 Å². The second kappa shape index (κ2) is 13.2. The molecule has 2 amide bonds. The Morgan fingerprint density at radius 2 is 1.71 bits per heavy atom.